The van der Waals surface area contributed by atoms with Crippen LogP contribution in [0.5, 0.6) is 0 Å². The summed E-state index contributed by atoms with van der Waals surface area (Å²) in [4.78, 5) is 27.2. The first kappa shape index (κ1) is 21.7. The lowest BCUT2D eigenvalue weighted by atomic mass is 10.1. The Morgan fingerprint density at radius 2 is 1.75 bits per heavy atom. The number of thioether (sulfide) groups is 1. The number of carbonyl (C=O) groups is 2. The molecule has 1 aliphatic rings. The van der Waals surface area contributed by atoms with Gasteiger partial charge in [-0.1, -0.05) is 24.3 Å². The zero-order chi connectivity index (χ0) is 23.0. The largest absolute Gasteiger partial charge is 0.318 e. The van der Waals surface area contributed by atoms with Crippen molar-refractivity contribution in [3.05, 3.63) is 92.6 Å². The Bertz CT molecular complexity index is 1330. The standard InChI is InChI=1S/C26H23N3O2S/c1-16-9-10-23(11-17(16)2)29-18(3)12-22(19(29)4)13-24-25(30)28(26(31)32-24)15-21-8-6-5-7-20(21)14-27/h5-13H,15H2,1-4H3/b24-13+. The van der Waals surface area contributed by atoms with Gasteiger partial charge in [-0.2, -0.15) is 5.26 Å². The van der Waals surface area contributed by atoms with E-state index in [9.17, 15) is 14.9 Å². The summed E-state index contributed by atoms with van der Waals surface area (Å²) in [6.07, 6.45) is 1.79. The van der Waals surface area contributed by atoms with Crippen molar-refractivity contribution in [2.45, 2.75) is 34.2 Å². The fraction of sp³-hybridized carbons (Fsp3) is 0.192. The Hall–Kier alpha value is -3.56. The second-order valence-corrected chi connectivity index (χ2v) is 8.96. The van der Waals surface area contributed by atoms with Gasteiger partial charge in [0.25, 0.3) is 11.1 Å². The van der Waals surface area contributed by atoms with Crippen LogP contribution < -0.4 is 0 Å². The van der Waals surface area contributed by atoms with Gasteiger partial charge in [0.15, 0.2) is 0 Å². The van der Waals surface area contributed by atoms with E-state index in [1.54, 1.807) is 30.3 Å². The van der Waals surface area contributed by atoms with Crippen molar-refractivity contribution >= 4 is 29.0 Å². The van der Waals surface area contributed by atoms with E-state index in [1.165, 1.54) is 16.0 Å². The molecule has 1 aliphatic heterocycles. The number of nitriles is 1. The molecule has 0 radical (unpaired) electrons. The third kappa shape index (κ3) is 3.88. The Morgan fingerprint density at radius 1 is 1.00 bits per heavy atom. The van der Waals surface area contributed by atoms with Crippen LogP contribution in [-0.4, -0.2) is 20.6 Å². The van der Waals surface area contributed by atoms with Crippen molar-refractivity contribution in [1.82, 2.24) is 9.47 Å². The van der Waals surface area contributed by atoms with E-state index < -0.39 is 0 Å². The fourth-order valence-electron chi connectivity index (χ4n) is 3.91. The molecule has 0 N–H and O–H groups in total. The number of aryl methyl sites for hydroxylation is 3. The van der Waals surface area contributed by atoms with E-state index >= 15 is 0 Å². The van der Waals surface area contributed by atoms with Crippen LogP contribution in [0, 0.1) is 39.0 Å². The molecule has 0 bridgehead atoms. The highest BCUT2D eigenvalue weighted by atomic mass is 32.2. The van der Waals surface area contributed by atoms with Gasteiger partial charge in [0.1, 0.15) is 0 Å². The van der Waals surface area contributed by atoms with Gasteiger partial charge >= 0.3 is 0 Å². The van der Waals surface area contributed by atoms with Crippen LogP contribution >= 0.6 is 11.8 Å². The third-order valence-electron chi connectivity index (χ3n) is 5.85. The molecule has 2 heterocycles. The maximum atomic E-state index is 13.0. The molecule has 6 heteroatoms. The van der Waals surface area contributed by atoms with E-state index in [2.05, 4.69) is 42.7 Å². The molecule has 2 aromatic carbocycles. The topological polar surface area (TPSA) is 66.1 Å². The van der Waals surface area contributed by atoms with Crippen LogP contribution in [0.15, 0.2) is 53.4 Å². The van der Waals surface area contributed by atoms with Crippen LogP contribution in [0.3, 0.4) is 0 Å². The summed E-state index contributed by atoms with van der Waals surface area (Å²) in [5.41, 5.74) is 7.62. The van der Waals surface area contributed by atoms with Gasteiger partial charge in [0.05, 0.1) is 23.1 Å². The second kappa shape index (κ2) is 8.52. The summed E-state index contributed by atoms with van der Waals surface area (Å²) in [5.74, 6) is -0.330. The minimum absolute atomic E-state index is 0.0907. The maximum absolute atomic E-state index is 13.0. The van der Waals surface area contributed by atoms with Crippen molar-refractivity contribution < 1.29 is 9.59 Å². The van der Waals surface area contributed by atoms with Gasteiger partial charge in [-0.3, -0.25) is 14.5 Å². The molecule has 0 saturated carbocycles. The summed E-state index contributed by atoms with van der Waals surface area (Å²) >= 11 is 0.940. The van der Waals surface area contributed by atoms with E-state index in [1.807, 2.05) is 19.9 Å². The first-order chi connectivity index (χ1) is 15.3. The van der Waals surface area contributed by atoms with Crippen molar-refractivity contribution in [3.8, 4) is 11.8 Å². The van der Waals surface area contributed by atoms with Crippen molar-refractivity contribution in [2.24, 2.45) is 0 Å². The molecule has 0 spiro atoms. The maximum Gasteiger partial charge on any atom is 0.293 e. The number of rotatable bonds is 4. The fourth-order valence-corrected chi connectivity index (χ4v) is 4.74. The van der Waals surface area contributed by atoms with Crippen LogP contribution in [0.1, 0.15) is 39.2 Å². The monoisotopic (exact) mass is 441 g/mol. The molecule has 3 aromatic rings. The van der Waals surface area contributed by atoms with Gasteiger partial charge in [-0.25, -0.2) is 0 Å². The van der Waals surface area contributed by atoms with Gasteiger partial charge in [0.2, 0.25) is 0 Å². The summed E-state index contributed by atoms with van der Waals surface area (Å²) in [5, 5.41) is 8.98. The first-order valence-corrected chi connectivity index (χ1v) is 11.1. The lowest BCUT2D eigenvalue weighted by Gasteiger charge is -2.13. The average molecular weight is 442 g/mol. The van der Waals surface area contributed by atoms with Crippen LogP contribution in [0.25, 0.3) is 11.8 Å². The van der Waals surface area contributed by atoms with E-state index in [0.29, 0.717) is 16.0 Å². The van der Waals surface area contributed by atoms with Gasteiger partial charge < -0.3 is 4.57 Å². The molecular formula is C26H23N3O2S. The van der Waals surface area contributed by atoms with Gasteiger partial charge in [-0.05, 0) is 92.1 Å². The summed E-state index contributed by atoms with van der Waals surface area (Å²) in [6.45, 7) is 8.32. The lowest BCUT2D eigenvalue weighted by molar-refractivity contribution is -0.123. The second-order valence-electron chi connectivity index (χ2n) is 7.97. The predicted octanol–water partition coefficient (Wildman–Crippen LogP) is 5.82. The molecule has 32 heavy (non-hydrogen) atoms. The smallest absolute Gasteiger partial charge is 0.293 e. The molecule has 1 aromatic heterocycles. The van der Waals surface area contributed by atoms with Crippen LogP contribution in [0.4, 0.5) is 4.79 Å². The normalized spacial score (nSPS) is 15.0. The highest BCUT2D eigenvalue weighted by Gasteiger charge is 2.35. The zero-order valence-corrected chi connectivity index (χ0v) is 19.3. The Labute approximate surface area is 192 Å². The molecule has 0 aliphatic carbocycles. The molecule has 0 unspecified atom stereocenters. The van der Waals surface area contributed by atoms with E-state index in [4.69, 9.17) is 0 Å². The predicted molar refractivity (Wildman–Crippen MR) is 127 cm³/mol. The Morgan fingerprint density at radius 3 is 2.47 bits per heavy atom. The van der Waals surface area contributed by atoms with E-state index in [0.717, 1.165) is 34.4 Å². The average Bonchev–Trinajstić information content (AvgIpc) is 3.20. The SMILES string of the molecule is Cc1ccc(-n2c(C)cc(/C=C3/SC(=O)N(Cc4ccccc4C#N)C3=O)c2C)cc1C. The number of aromatic nitrogens is 1. The minimum atomic E-state index is -0.330. The van der Waals surface area contributed by atoms with Gasteiger partial charge in [0, 0.05) is 17.1 Å². The number of amides is 2. The molecule has 1 fully saturated rings. The van der Waals surface area contributed by atoms with Crippen molar-refractivity contribution in [3.63, 3.8) is 0 Å². The minimum Gasteiger partial charge on any atom is -0.318 e. The highest BCUT2D eigenvalue weighted by molar-refractivity contribution is 8.18. The molecule has 2 amide bonds. The summed E-state index contributed by atoms with van der Waals surface area (Å²) in [7, 11) is 0. The number of benzene rings is 2. The first-order valence-electron chi connectivity index (χ1n) is 10.3. The Balaban J connectivity index is 1.65. The highest BCUT2D eigenvalue weighted by Crippen LogP contribution is 2.35. The number of imide groups is 1. The quantitative estimate of drug-likeness (QED) is 0.479. The van der Waals surface area contributed by atoms with Crippen molar-refractivity contribution in [1.29, 1.82) is 5.26 Å². The summed E-state index contributed by atoms with van der Waals surface area (Å²) in [6, 6.07) is 17.5. The lowest BCUT2D eigenvalue weighted by Crippen LogP contribution is -2.27. The molecule has 4 rings (SSSR count). The Kier molecular flexibility index (Phi) is 5.77. The number of hydrogen-bond acceptors (Lipinski definition) is 4. The van der Waals surface area contributed by atoms with Crippen molar-refractivity contribution in [2.75, 3.05) is 0 Å². The third-order valence-corrected chi connectivity index (χ3v) is 6.75. The zero-order valence-electron chi connectivity index (χ0n) is 18.5. The molecule has 5 nitrogen and oxygen atoms in total. The van der Waals surface area contributed by atoms with Crippen LogP contribution in [-0.2, 0) is 11.3 Å². The van der Waals surface area contributed by atoms with E-state index in [-0.39, 0.29) is 17.7 Å². The molecule has 160 valence electrons. The summed E-state index contributed by atoms with van der Waals surface area (Å²) < 4.78 is 2.16. The molecular weight excluding hydrogens is 418 g/mol. The molecule has 1 saturated heterocycles. The van der Waals surface area contributed by atoms with Gasteiger partial charge in [-0.15, -0.1) is 0 Å². The number of hydrogen-bond donors (Lipinski definition) is 0. The number of carbonyl (C=O) groups excluding carboxylic acids is 2. The number of nitrogens with zero attached hydrogens (tertiary/aromatic N) is 3. The molecule has 0 atom stereocenters. The van der Waals surface area contributed by atoms with Crippen LogP contribution in [0.2, 0.25) is 0 Å².